The minimum absolute atomic E-state index is 0.104. The topological polar surface area (TPSA) is 75.7 Å². The van der Waals surface area contributed by atoms with Gasteiger partial charge in [-0.05, 0) is 25.1 Å². The Morgan fingerprint density at radius 3 is 2.67 bits per heavy atom. The Kier molecular flexibility index (Phi) is 6.10. The number of hydrogen-bond donors (Lipinski definition) is 1. The highest BCUT2D eigenvalue weighted by Gasteiger charge is 2.21. The number of benzene rings is 1. The number of rotatable bonds is 7. The van der Waals surface area contributed by atoms with Gasteiger partial charge in [-0.1, -0.05) is 6.07 Å². The van der Waals surface area contributed by atoms with Gasteiger partial charge in [0.25, 0.3) is 0 Å². The molecule has 0 aliphatic heterocycles. The molecule has 1 amide bonds. The maximum Gasteiger partial charge on any atom is 0.241 e. The second-order valence-electron chi connectivity index (χ2n) is 4.67. The number of carbonyl (C=O) groups excluding carboxylic acids is 1. The number of halogens is 1. The van der Waals surface area contributed by atoms with Gasteiger partial charge in [-0.25, -0.2) is 12.8 Å². The number of amides is 1. The number of nitrogens with one attached hydrogen (secondary N) is 1. The Bertz CT molecular complexity index is 592. The molecule has 0 unspecified atom stereocenters. The van der Waals surface area contributed by atoms with E-state index < -0.39 is 28.3 Å². The van der Waals surface area contributed by atoms with Crippen LogP contribution in [0.5, 0.6) is 0 Å². The van der Waals surface area contributed by atoms with Crippen LogP contribution in [-0.2, 0) is 19.6 Å². The van der Waals surface area contributed by atoms with Crippen molar-refractivity contribution in [3.63, 3.8) is 0 Å². The van der Waals surface area contributed by atoms with Gasteiger partial charge in [0, 0.05) is 13.2 Å². The minimum Gasteiger partial charge on any atom is -0.383 e. The SMILES string of the molecule is COC[C@@H](C)NC(=O)CN(c1cccc(F)c1)S(C)(=O)=O. The molecule has 0 aliphatic carbocycles. The first-order valence-corrected chi connectivity index (χ1v) is 8.10. The van der Waals surface area contributed by atoms with Gasteiger partial charge in [-0.3, -0.25) is 9.10 Å². The maximum absolute atomic E-state index is 13.2. The van der Waals surface area contributed by atoms with Gasteiger partial charge in [0.05, 0.1) is 18.6 Å². The van der Waals surface area contributed by atoms with Gasteiger partial charge in [-0.15, -0.1) is 0 Å². The molecule has 1 N–H and O–H groups in total. The third-order valence-corrected chi connectivity index (χ3v) is 3.75. The molecule has 0 saturated heterocycles. The van der Waals surface area contributed by atoms with Gasteiger partial charge in [0.15, 0.2) is 0 Å². The second kappa shape index (κ2) is 7.37. The third-order valence-electron chi connectivity index (χ3n) is 2.61. The molecule has 0 aromatic heterocycles. The number of anilines is 1. The van der Waals surface area contributed by atoms with E-state index in [4.69, 9.17) is 4.74 Å². The quantitative estimate of drug-likeness (QED) is 0.805. The summed E-state index contributed by atoms with van der Waals surface area (Å²) in [6, 6.07) is 4.82. The zero-order chi connectivity index (χ0) is 16.0. The van der Waals surface area contributed by atoms with Crippen molar-refractivity contribution in [3.8, 4) is 0 Å². The Morgan fingerprint density at radius 2 is 2.14 bits per heavy atom. The van der Waals surface area contributed by atoms with E-state index in [0.29, 0.717) is 6.61 Å². The molecule has 0 saturated carbocycles. The first kappa shape index (κ1) is 17.4. The van der Waals surface area contributed by atoms with Crippen molar-refractivity contribution in [1.82, 2.24) is 5.32 Å². The van der Waals surface area contributed by atoms with E-state index in [2.05, 4.69) is 5.32 Å². The van der Waals surface area contributed by atoms with Crippen LogP contribution in [0.4, 0.5) is 10.1 Å². The average Bonchev–Trinajstić information content (AvgIpc) is 2.34. The van der Waals surface area contributed by atoms with Crippen molar-refractivity contribution < 1.29 is 22.3 Å². The second-order valence-corrected chi connectivity index (χ2v) is 6.58. The highest BCUT2D eigenvalue weighted by molar-refractivity contribution is 7.92. The number of methoxy groups -OCH3 is 1. The molecule has 0 fully saturated rings. The lowest BCUT2D eigenvalue weighted by Crippen LogP contribution is -2.44. The molecular formula is C13H19FN2O4S. The van der Waals surface area contributed by atoms with Crippen molar-refractivity contribution in [3.05, 3.63) is 30.1 Å². The highest BCUT2D eigenvalue weighted by Crippen LogP contribution is 2.18. The molecule has 1 aromatic rings. The third kappa shape index (κ3) is 5.68. The van der Waals surface area contributed by atoms with E-state index in [1.807, 2.05) is 0 Å². The molecular weight excluding hydrogens is 299 g/mol. The standard InChI is InChI=1S/C13H19FN2O4S/c1-10(9-20-2)15-13(17)8-16(21(3,18)19)12-6-4-5-11(14)7-12/h4-7,10H,8-9H2,1-3H3,(H,15,17)/t10-/m1/s1. The molecule has 0 radical (unpaired) electrons. The van der Waals surface area contributed by atoms with Crippen molar-refractivity contribution >= 4 is 21.6 Å². The zero-order valence-electron chi connectivity index (χ0n) is 12.2. The van der Waals surface area contributed by atoms with E-state index in [-0.39, 0.29) is 11.7 Å². The Morgan fingerprint density at radius 1 is 1.48 bits per heavy atom. The fourth-order valence-corrected chi connectivity index (χ4v) is 2.62. The molecule has 8 heteroatoms. The summed E-state index contributed by atoms with van der Waals surface area (Å²) >= 11 is 0. The lowest BCUT2D eigenvalue weighted by atomic mass is 10.3. The summed E-state index contributed by atoms with van der Waals surface area (Å²) in [4.78, 5) is 11.9. The summed E-state index contributed by atoms with van der Waals surface area (Å²) in [5.41, 5.74) is 0.104. The molecule has 0 spiro atoms. The van der Waals surface area contributed by atoms with Gasteiger partial charge >= 0.3 is 0 Å². The molecule has 1 rings (SSSR count). The Labute approximate surface area is 123 Å². The van der Waals surface area contributed by atoms with Gasteiger partial charge < -0.3 is 10.1 Å². The van der Waals surface area contributed by atoms with E-state index in [0.717, 1.165) is 16.6 Å². The lowest BCUT2D eigenvalue weighted by Gasteiger charge is -2.23. The summed E-state index contributed by atoms with van der Waals surface area (Å²) in [7, 11) is -2.21. The van der Waals surface area contributed by atoms with Crippen LogP contribution >= 0.6 is 0 Å². The molecule has 21 heavy (non-hydrogen) atoms. The predicted octanol–water partition coefficient (Wildman–Crippen LogP) is 0.743. The van der Waals surface area contributed by atoms with E-state index >= 15 is 0 Å². The summed E-state index contributed by atoms with van der Waals surface area (Å²) in [5, 5.41) is 2.60. The van der Waals surface area contributed by atoms with Crippen molar-refractivity contribution in [2.45, 2.75) is 13.0 Å². The summed E-state index contributed by atoms with van der Waals surface area (Å²) in [6.07, 6.45) is 0.962. The van der Waals surface area contributed by atoms with Gasteiger partial charge in [-0.2, -0.15) is 0 Å². The Balaban J connectivity index is 2.89. The van der Waals surface area contributed by atoms with Crippen LogP contribution in [-0.4, -0.2) is 46.9 Å². The molecule has 1 atom stereocenters. The molecule has 0 aliphatic rings. The largest absolute Gasteiger partial charge is 0.383 e. The molecule has 0 heterocycles. The molecule has 118 valence electrons. The van der Waals surface area contributed by atoms with Crippen LogP contribution in [0.15, 0.2) is 24.3 Å². The number of nitrogens with zero attached hydrogens (tertiary/aromatic N) is 1. The average molecular weight is 318 g/mol. The van der Waals surface area contributed by atoms with Crippen LogP contribution in [0.25, 0.3) is 0 Å². The van der Waals surface area contributed by atoms with E-state index in [9.17, 15) is 17.6 Å². The fourth-order valence-electron chi connectivity index (χ4n) is 1.77. The van der Waals surface area contributed by atoms with Gasteiger partial charge in [0.2, 0.25) is 15.9 Å². The monoisotopic (exact) mass is 318 g/mol. The Hall–Kier alpha value is -1.67. The zero-order valence-corrected chi connectivity index (χ0v) is 13.0. The normalized spacial score (nSPS) is 12.8. The number of sulfonamides is 1. The van der Waals surface area contributed by atoms with Gasteiger partial charge in [0.1, 0.15) is 12.4 Å². The number of ether oxygens (including phenoxy) is 1. The van der Waals surface area contributed by atoms with Crippen LogP contribution in [0, 0.1) is 5.82 Å². The van der Waals surface area contributed by atoms with Crippen molar-refractivity contribution in [2.24, 2.45) is 0 Å². The number of carbonyl (C=O) groups is 1. The summed E-state index contributed by atoms with van der Waals surface area (Å²) in [5.74, 6) is -1.07. The van der Waals surface area contributed by atoms with E-state index in [1.165, 1.54) is 25.3 Å². The molecule has 0 bridgehead atoms. The van der Waals surface area contributed by atoms with E-state index in [1.54, 1.807) is 6.92 Å². The van der Waals surface area contributed by atoms with Crippen LogP contribution in [0.1, 0.15) is 6.92 Å². The van der Waals surface area contributed by atoms with Crippen LogP contribution in [0.3, 0.4) is 0 Å². The maximum atomic E-state index is 13.2. The fraction of sp³-hybridized carbons (Fsp3) is 0.462. The highest BCUT2D eigenvalue weighted by atomic mass is 32.2. The van der Waals surface area contributed by atoms with Crippen molar-refractivity contribution in [1.29, 1.82) is 0 Å². The summed E-state index contributed by atoms with van der Waals surface area (Å²) in [6.45, 7) is 1.62. The molecule has 6 nitrogen and oxygen atoms in total. The lowest BCUT2D eigenvalue weighted by molar-refractivity contribution is -0.120. The smallest absolute Gasteiger partial charge is 0.241 e. The summed E-state index contributed by atoms with van der Waals surface area (Å²) < 4.78 is 42.5. The molecule has 1 aromatic carbocycles. The van der Waals surface area contributed by atoms with Crippen LogP contribution < -0.4 is 9.62 Å². The van der Waals surface area contributed by atoms with Crippen LogP contribution in [0.2, 0.25) is 0 Å². The first-order valence-electron chi connectivity index (χ1n) is 6.25. The number of hydrogen-bond acceptors (Lipinski definition) is 4. The predicted molar refractivity (Wildman–Crippen MR) is 78.1 cm³/mol. The van der Waals surface area contributed by atoms with Crippen molar-refractivity contribution in [2.75, 3.05) is 30.8 Å². The first-order chi connectivity index (χ1) is 9.74. The minimum atomic E-state index is -3.70.